The summed E-state index contributed by atoms with van der Waals surface area (Å²) < 4.78 is 18.6. The molecular formula is C10H18O3P2. The van der Waals surface area contributed by atoms with Gasteiger partial charge in [0.1, 0.15) is 0 Å². The fourth-order valence-electron chi connectivity index (χ4n) is 4.67. The van der Waals surface area contributed by atoms with Crippen molar-refractivity contribution >= 4 is 16.3 Å². The molecule has 1 spiro atoms. The average molecular weight is 248 g/mol. The van der Waals surface area contributed by atoms with Gasteiger partial charge in [-0.3, -0.25) is 0 Å². The second-order valence-electron chi connectivity index (χ2n) is 6.21. The minimum atomic E-state index is -1.94. The minimum absolute atomic E-state index is 0.0394. The number of hydrogen-bond donors (Lipinski definition) is 0. The van der Waals surface area contributed by atoms with Crippen molar-refractivity contribution in [3.63, 3.8) is 0 Å². The predicted octanol–water partition coefficient (Wildman–Crippen LogP) is 2.50. The zero-order valence-electron chi connectivity index (χ0n) is 9.64. The van der Waals surface area contributed by atoms with Crippen LogP contribution in [0.15, 0.2) is 0 Å². The molecule has 4 rings (SSSR count). The Morgan fingerprint density at radius 1 is 1.20 bits per heavy atom. The van der Waals surface area contributed by atoms with Gasteiger partial charge in [0.05, 0.1) is 0 Å². The molecule has 4 fully saturated rings. The van der Waals surface area contributed by atoms with Crippen molar-refractivity contribution in [1.29, 1.82) is 0 Å². The fraction of sp³-hybridized carbons (Fsp3) is 1.00. The van der Waals surface area contributed by atoms with E-state index in [9.17, 15) is 0 Å². The van der Waals surface area contributed by atoms with Gasteiger partial charge in [0.15, 0.2) is 0 Å². The van der Waals surface area contributed by atoms with E-state index < -0.39 is 7.72 Å². The molecule has 15 heavy (non-hydrogen) atoms. The Morgan fingerprint density at radius 2 is 1.93 bits per heavy atom. The van der Waals surface area contributed by atoms with Crippen LogP contribution in [0, 0.1) is 5.41 Å². The first-order chi connectivity index (χ1) is 6.74. The third-order valence-electron chi connectivity index (χ3n) is 4.80. The van der Waals surface area contributed by atoms with Crippen LogP contribution in [0.3, 0.4) is 0 Å². The van der Waals surface area contributed by atoms with E-state index in [0.29, 0.717) is 0 Å². The molecular weight excluding hydrogens is 230 g/mol. The summed E-state index contributed by atoms with van der Waals surface area (Å²) in [4.78, 5) is 0. The second-order valence-corrected chi connectivity index (χ2v) is 11.5. The Balaban J connectivity index is 1.96. The van der Waals surface area contributed by atoms with Crippen LogP contribution in [0.25, 0.3) is 0 Å². The molecule has 0 radical (unpaired) electrons. The molecule has 4 aliphatic heterocycles. The summed E-state index contributed by atoms with van der Waals surface area (Å²) in [5, 5.41) is 0.0833. The van der Waals surface area contributed by atoms with Gasteiger partial charge in [-0.05, 0) is 0 Å². The van der Waals surface area contributed by atoms with Crippen LogP contribution >= 0.6 is 16.3 Å². The van der Waals surface area contributed by atoms with Crippen molar-refractivity contribution in [3.05, 3.63) is 0 Å². The van der Waals surface area contributed by atoms with E-state index in [4.69, 9.17) is 13.8 Å². The van der Waals surface area contributed by atoms with Gasteiger partial charge in [0, 0.05) is 0 Å². The Hall–Kier alpha value is 0.740. The average Bonchev–Trinajstić information content (AvgIpc) is 2.18. The van der Waals surface area contributed by atoms with Crippen molar-refractivity contribution < 1.29 is 13.8 Å². The van der Waals surface area contributed by atoms with E-state index in [1.807, 2.05) is 0 Å². The second kappa shape index (κ2) is 2.06. The summed E-state index contributed by atoms with van der Waals surface area (Å²) in [6.45, 7) is 8.84. The van der Waals surface area contributed by atoms with E-state index in [1.54, 1.807) is 0 Å². The fourth-order valence-corrected chi connectivity index (χ4v) is 12.1. The van der Waals surface area contributed by atoms with Crippen LogP contribution in [0.4, 0.5) is 0 Å². The van der Waals surface area contributed by atoms with Crippen molar-refractivity contribution in [2.24, 2.45) is 5.41 Å². The maximum absolute atomic E-state index is 6.32. The van der Waals surface area contributed by atoms with E-state index in [1.165, 1.54) is 0 Å². The molecule has 0 aromatic rings. The molecule has 3 bridgehead atoms. The summed E-state index contributed by atoms with van der Waals surface area (Å²) >= 11 is 0. The summed E-state index contributed by atoms with van der Waals surface area (Å²) in [6, 6.07) is 0. The zero-order chi connectivity index (χ0) is 10.7. The first-order valence-electron chi connectivity index (χ1n) is 5.64. The van der Waals surface area contributed by atoms with Gasteiger partial charge < -0.3 is 0 Å². The molecule has 0 N–H and O–H groups in total. The van der Waals surface area contributed by atoms with Crippen molar-refractivity contribution in [1.82, 2.24) is 0 Å². The van der Waals surface area contributed by atoms with Gasteiger partial charge in [-0.2, -0.15) is 0 Å². The Kier molecular flexibility index (Phi) is 1.34. The molecule has 86 valence electrons. The van der Waals surface area contributed by atoms with E-state index in [0.717, 1.165) is 21.2 Å². The Morgan fingerprint density at radius 3 is 2.67 bits per heavy atom. The predicted molar refractivity (Wildman–Crippen MR) is 62.9 cm³/mol. The molecule has 5 unspecified atom stereocenters. The van der Waals surface area contributed by atoms with Crippen LogP contribution in [-0.2, 0) is 13.8 Å². The Bertz CT molecular complexity index is 347. The van der Waals surface area contributed by atoms with Crippen LogP contribution in [0.5, 0.6) is 0 Å². The molecule has 5 heteroatoms. The molecule has 0 saturated carbocycles. The third kappa shape index (κ3) is 0.798. The molecule has 0 amide bonds. The van der Waals surface area contributed by atoms with Crippen LogP contribution in [0.2, 0.25) is 0 Å². The number of hydrogen-bond acceptors (Lipinski definition) is 3. The summed E-state index contributed by atoms with van der Waals surface area (Å²) in [5.41, 5.74) is 0.270. The van der Waals surface area contributed by atoms with E-state index in [2.05, 4.69) is 27.4 Å². The van der Waals surface area contributed by atoms with Crippen molar-refractivity contribution in [3.8, 4) is 0 Å². The Labute approximate surface area is 92.5 Å². The maximum atomic E-state index is 6.32. The summed E-state index contributed by atoms with van der Waals surface area (Å²) in [5.74, 6) is -0.329. The third-order valence-corrected chi connectivity index (χ3v) is 9.82. The number of rotatable bonds is 0. The van der Waals surface area contributed by atoms with Gasteiger partial charge in [-0.1, -0.05) is 0 Å². The topological polar surface area (TPSA) is 27.7 Å². The van der Waals surface area contributed by atoms with Gasteiger partial charge in [0.2, 0.25) is 0 Å². The number of fused-ring (bicyclic) bond motifs is 2. The van der Waals surface area contributed by atoms with Crippen LogP contribution < -0.4 is 0 Å². The van der Waals surface area contributed by atoms with Gasteiger partial charge in [0.25, 0.3) is 0 Å². The first-order valence-corrected chi connectivity index (χ1v) is 9.16. The molecule has 4 aliphatic rings. The molecule has 5 atom stereocenters. The zero-order valence-corrected chi connectivity index (χ0v) is 11.6. The normalized spacial score (nSPS) is 71.7. The molecule has 0 aromatic carbocycles. The van der Waals surface area contributed by atoms with Gasteiger partial charge >= 0.3 is 92.0 Å². The van der Waals surface area contributed by atoms with E-state index >= 15 is 0 Å². The molecule has 4 heterocycles. The molecule has 4 saturated heterocycles. The molecule has 0 aliphatic carbocycles. The van der Waals surface area contributed by atoms with Gasteiger partial charge in [-0.25, -0.2) is 0 Å². The van der Waals surface area contributed by atoms with Crippen LogP contribution in [-0.4, -0.2) is 29.3 Å². The molecule has 0 aromatic heterocycles. The van der Waals surface area contributed by atoms with Crippen LogP contribution in [0.1, 0.15) is 27.2 Å². The molecule has 3 nitrogen and oxygen atoms in total. The standard InChI is InChI=1S/C10H18O3P2/c1-7-5-10-6-15(4,12-7)13-8(10,2)11-9(10,3)14-7/h14-15H,5-6H2,1-4H3. The first kappa shape index (κ1) is 9.74. The quantitative estimate of drug-likeness (QED) is 0.616. The number of ether oxygens (including phenoxy) is 1. The van der Waals surface area contributed by atoms with Crippen molar-refractivity contribution in [2.45, 2.75) is 43.7 Å². The summed E-state index contributed by atoms with van der Waals surface area (Å²) in [6.07, 6.45) is 2.27. The summed E-state index contributed by atoms with van der Waals surface area (Å²) in [7, 11) is -1.17. The SMILES string of the molecule is CC12CC34C[PH](C)(O1)OC3(C)OC4(C)P2. The van der Waals surface area contributed by atoms with Gasteiger partial charge in [-0.15, -0.1) is 0 Å². The van der Waals surface area contributed by atoms with E-state index in [-0.39, 0.29) is 21.9 Å². The monoisotopic (exact) mass is 248 g/mol. The van der Waals surface area contributed by atoms with Crippen molar-refractivity contribution in [2.75, 3.05) is 12.8 Å².